The smallest absolute Gasteiger partial charge is 0.410 e. The number of amides is 2. The molecule has 1 fully saturated rings. The average Bonchev–Trinajstić information content (AvgIpc) is 2.76. The number of aryl methyl sites for hydroxylation is 1. The topological polar surface area (TPSA) is 74.8 Å². The van der Waals surface area contributed by atoms with E-state index in [-0.39, 0.29) is 12.0 Å². The zero-order valence-electron chi connectivity index (χ0n) is 19.6. The Morgan fingerprint density at radius 3 is 2.34 bits per heavy atom. The van der Waals surface area contributed by atoms with Gasteiger partial charge in [-0.2, -0.15) is 0 Å². The first-order chi connectivity index (χ1) is 15.2. The molecular formula is C25H34N4O3. The van der Waals surface area contributed by atoms with Gasteiger partial charge in [0.05, 0.1) is 17.0 Å². The molecule has 1 aliphatic heterocycles. The Kier molecular flexibility index (Phi) is 7.85. The Morgan fingerprint density at radius 2 is 1.72 bits per heavy atom. The van der Waals surface area contributed by atoms with Crippen molar-refractivity contribution < 1.29 is 14.3 Å². The highest BCUT2D eigenvalue weighted by molar-refractivity contribution is 5.95. The van der Waals surface area contributed by atoms with Gasteiger partial charge in [0, 0.05) is 38.3 Å². The fourth-order valence-electron chi connectivity index (χ4n) is 3.65. The first kappa shape index (κ1) is 23.7. The van der Waals surface area contributed by atoms with Crippen LogP contribution in [0.25, 0.3) is 11.3 Å². The van der Waals surface area contributed by atoms with Crippen molar-refractivity contribution in [3.05, 3.63) is 53.7 Å². The van der Waals surface area contributed by atoms with Crippen LogP contribution >= 0.6 is 0 Å². The van der Waals surface area contributed by atoms with Crippen LogP contribution in [0.3, 0.4) is 0 Å². The van der Waals surface area contributed by atoms with E-state index >= 15 is 0 Å². The summed E-state index contributed by atoms with van der Waals surface area (Å²) in [5, 5.41) is 3.00. The fourth-order valence-corrected chi connectivity index (χ4v) is 3.65. The minimum Gasteiger partial charge on any atom is -0.444 e. The minimum absolute atomic E-state index is 0.0932. The summed E-state index contributed by atoms with van der Waals surface area (Å²) in [6.45, 7) is 12.0. The first-order valence-corrected chi connectivity index (χ1v) is 11.2. The lowest BCUT2D eigenvalue weighted by Gasteiger charge is -2.35. The van der Waals surface area contributed by atoms with Crippen molar-refractivity contribution in [2.75, 3.05) is 39.3 Å². The molecule has 2 heterocycles. The largest absolute Gasteiger partial charge is 0.444 e. The van der Waals surface area contributed by atoms with Crippen LogP contribution in [0.4, 0.5) is 4.79 Å². The molecule has 7 nitrogen and oxygen atoms in total. The molecule has 0 atom stereocenters. The molecule has 1 N–H and O–H groups in total. The van der Waals surface area contributed by atoms with Crippen LogP contribution in [0.5, 0.6) is 0 Å². The molecule has 0 spiro atoms. The maximum atomic E-state index is 12.6. The molecule has 1 aromatic heterocycles. The van der Waals surface area contributed by atoms with Crippen LogP contribution in [-0.2, 0) is 4.74 Å². The summed E-state index contributed by atoms with van der Waals surface area (Å²) in [4.78, 5) is 33.4. The van der Waals surface area contributed by atoms with E-state index in [1.54, 1.807) is 4.90 Å². The monoisotopic (exact) mass is 438 g/mol. The van der Waals surface area contributed by atoms with Crippen LogP contribution in [0, 0.1) is 6.92 Å². The average molecular weight is 439 g/mol. The van der Waals surface area contributed by atoms with E-state index in [9.17, 15) is 9.59 Å². The predicted octanol–water partition coefficient (Wildman–Crippen LogP) is 3.73. The molecule has 1 saturated heterocycles. The van der Waals surface area contributed by atoms with Crippen LogP contribution in [0.15, 0.2) is 42.5 Å². The highest BCUT2D eigenvalue weighted by Crippen LogP contribution is 2.18. The quantitative estimate of drug-likeness (QED) is 0.696. The van der Waals surface area contributed by atoms with E-state index in [4.69, 9.17) is 4.74 Å². The van der Waals surface area contributed by atoms with E-state index in [0.717, 1.165) is 43.0 Å². The Balaban J connectivity index is 1.39. The van der Waals surface area contributed by atoms with Crippen LogP contribution in [0.1, 0.15) is 43.2 Å². The maximum Gasteiger partial charge on any atom is 0.410 e. The summed E-state index contributed by atoms with van der Waals surface area (Å²) in [7, 11) is 0. The molecule has 0 aliphatic carbocycles. The van der Waals surface area contributed by atoms with Crippen LogP contribution in [0.2, 0.25) is 0 Å². The Bertz CT molecular complexity index is 917. The molecule has 0 radical (unpaired) electrons. The number of hydrogen-bond acceptors (Lipinski definition) is 5. The van der Waals surface area contributed by atoms with Gasteiger partial charge in [-0.3, -0.25) is 14.7 Å². The molecule has 0 saturated carbocycles. The van der Waals surface area contributed by atoms with Crippen molar-refractivity contribution in [3.8, 4) is 11.3 Å². The van der Waals surface area contributed by atoms with Crippen molar-refractivity contribution in [1.29, 1.82) is 0 Å². The molecule has 7 heteroatoms. The zero-order valence-corrected chi connectivity index (χ0v) is 19.6. The summed E-state index contributed by atoms with van der Waals surface area (Å²) in [6.07, 6.45) is 0.610. The van der Waals surface area contributed by atoms with Gasteiger partial charge in [0.25, 0.3) is 5.91 Å². The summed E-state index contributed by atoms with van der Waals surface area (Å²) < 4.78 is 5.44. The second-order valence-corrected chi connectivity index (χ2v) is 9.11. The van der Waals surface area contributed by atoms with Crippen molar-refractivity contribution >= 4 is 12.0 Å². The van der Waals surface area contributed by atoms with Crippen LogP contribution < -0.4 is 5.32 Å². The number of carbonyl (C=O) groups excluding carboxylic acids is 2. The minimum atomic E-state index is -0.470. The first-order valence-electron chi connectivity index (χ1n) is 11.2. The van der Waals surface area contributed by atoms with Crippen molar-refractivity contribution in [2.24, 2.45) is 0 Å². The van der Waals surface area contributed by atoms with Gasteiger partial charge in [-0.15, -0.1) is 0 Å². The number of benzene rings is 1. The predicted molar refractivity (Wildman–Crippen MR) is 126 cm³/mol. The molecular weight excluding hydrogens is 404 g/mol. The summed E-state index contributed by atoms with van der Waals surface area (Å²) in [5.41, 5.74) is 2.76. The highest BCUT2D eigenvalue weighted by Gasteiger charge is 2.25. The third-order valence-corrected chi connectivity index (χ3v) is 5.36. The standard InChI is InChI=1S/C25H34N4O3/c1-19-21(11-12-22(27-19)20-9-6-5-7-10-20)23(30)26-13-8-14-28-15-17-29(18-16-28)24(31)32-25(2,3)4/h5-7,9-12H,8,13-18H2,1-4H3,(H,26,30). The van der Waals surface area contributed by atoms with Gasteiger partial charge in [0.2, 0.25) is 0 Å². The molecule has 32 heavy (non-hydrogen) atoms. The number of hydrogen-bond donors (Lipinski definition) is 1. The Hall–Kier alpha value is -2.93. The third-order valence-electron chi connectivity index (χ3n) is 5.36. The van der Waals surface area contributed by atoms with Crippen molar-refractivity contribution in [2.45, 2.75) is 39.7 Å². The lowest BCUT2D eigenvalue weighted by atomic mass is 10.1. The fraction of sp³-hybridized carbons (Fsp3) is 0.480. The number of rotatable bonds is 6. The van der Waals surface area contributed by atoms with Gasteiger partial charge < -0.3 is 15.0 Å². The molecule has 172 valence electrons. The Labute approximate surface area is 190 Å². The molecule has 3 rings (SSSR count). The number of carbonyl (C=O) groups is 2. The number of pyridine rings is 1. The molecule has 0 bridgehead atoms. The molecule has 1 aliphatic rings. The van der Waals surface area contributed by atoms with Gasteiger partial charge in [0.1, 0.15) is 5.60 Å². The summed E-state index contributed by atoms with van der Waals surface area (Å²) in [6, 6.07) is 13.7. The second-order valence-electron chi connectivity index (χ2n) is 9.11. The number of piperazine rings is 1. The molecule has 2 amide bonds. The summed E-state index contributed by atoms with van der Waals surface area (Å²) >= 11 is 0. The third kappa shape index (κ3) is 6.79. The van der Waals surface area contributed by atoms with E-state index in [1.807, 2.05) is 70.2 Å². The number of nitrogens with one attached hydrogen (secondary N) is 1. The van der Waals surface area contributed by atoms with E-state index in [2.05, 4.69) is 15.2 Å². The van der Waals surface area contributed by atoms with Gasteiger partial charge in [-0.05, 0) is 52.8 Å². The van der Waals surface area contributed by atoms with Crippen molar-refractivity contribution in [3.63, 3.8) is 0 Å². The van der Waals surface area contributed by atoms with Gasteiger partial charge >= 0.3 is 6.09 Å². The molecule has 2 aromatic rings. The zero-order chi connectivity index (χ0) is 23.1. The maximum absolute atomic E-state index is 12.6. The van der Waals surface area contributed by atoms with Gasteiger partial charge in [-0.25, -0.2) is 4.79 Å². The van der Waals surface area contributed by atoms with Gasteiger partial charge in [0.15, 0.2) is 0 Å². The lowest BCUT2D eigenvalue weighted by molar-refractivity contribution is 0.0144. The SMILES string of the molecule is Cc1nc(-c2ccccc2)ccc1C(=O)NCCCN1CCN(C(=O)OC(C)(C)C)CC1. The van der Waals surface area contributed by atoms with Gasteiger partial charge in [-0.1, -0.05) is 30.3 Å². The van der Waals surface area contributed by atoms with E-state index in [1.165, 1.54) is 0 Å². The Morgan fingerprint density at radius 1 is 1.03 bits per heavy atom. The van der Waals surface area contributed by atoms with E-state index in [0.29, 0.717) is 25.2 Å². The molecule has 1 aromatic carbocycles. The highest BCUT2D eigenvalue weighted by atomic mass is 16.6. The van der Waals surface area contributed by atoms with E-state index < -0.39 is 5.60 Å². The molecule has 0 unspecified atom stereocenters. The number of aromatic nitrogens is 1. The summed E-state index contributed by atoms with van der Waals surface area (Å²) in [5.74, 6) is -0.0932. The number of ether oxygens (including phenoxy) is 1. The normalized spacial score (nSPS) is 14.8. The lowest BCUT2D eigenvalue weighted by Crippen LogP contribution is -2.50. The second kappa shape index (κ2) is 10.6. The van der Waals surface area contributed by atoms with Crippen molar-refractivity contribution in [1.82, 2.24) is 20.1 Å². The van der Waals surface area contributed by atoms with Crippen LogP contribution in [-0.4, -0.2) is 71.7 Å². The number of nitrogens with zero attached hydrogens (tertiary/aromatic N) is 3.